The number of hydrogen-bond donors (Lipinski definition) is 1. The Balaban J connectivity index is 1.70. The Labute approximate surface area is 215 Å². The Morgan fingerprint density at radius 2 is 1.89 bits per heavy atom. The van der Waals surface area contributed by atoms with Gasteiger partial charge in [-0.15, -0.1) is 0 Å². The Kier molecular flexibility index (Phi) is 7.85. The molecule has 0 saturated heterocycles. The summed E-state index contributed by atoms with van der Waals surface area (Å²) in [6, 6.07) is 12.9. The Bertz CT molecular complexity index is 1400. The summed E-state index contributed by atoms with van der Waals surface area (Å²) in [4.78, 5) is 24.4. The lowest BCUT2D eigenvalue weighted by Crippen LogP contribution is -2.28. The largest absolute Gasteiger partial charge is 0.494 e. The van der Waals surface area contributed by atoms with Crippen molar-refractivity contribution in [1.82, 2.24) is 19.4 Å². The van der Waals surface area contributed by atoms with Gasteiger partial charge in [0.1, 0.15) is 17.3 Å². The van der Waals surface area contributed by atoms with Crippen LogP contribution in [0.25, 0.3) is 16.7 Å². The number of ether oxygens (including phenoxy) is 2. The Morgan fingerprint density at radius 1 is 1.11 bits per heavy atom. The topological polar surface area (TPSA) is 111 Å². The maximum Gasteiger partial charge on any atom is 0.294 e. The van der Waals surface area contributed by atoms with Crippen LogP contribution in [0.2, 0.25) is 0 Å². The lowest BCUT2D eigenvalue weighted by atomic mass is 10.2. The number of nitrogens with one attached hydrogen (secondary N) is 1. The zero-order valence-corrected chi connectivity index (χ0v) is 21.6. The molecule has 37 heavy (non-hydrogen) atoms. The maximum absolute atomic E-state index is 11.9. The van der Waals surface area contributed by atoms with E-state index in [1.807, 2.05) is 66.0 Å². The van der Waals surface area contributed by atoms with Crippen molar-refractivity contribution in [2.75, 3.05) is 58.7 Å². The first-order valence-corrected chi connectivity index (χ1v) is 11.7. The van der Waals surface area contributed by atoms with Crippen LogP contribution in [-0.2, 0) is 11.3 Å². The zero-order valence-electron chi connectivity index (χ0n) is 21.6. The number of fused-ring (bicyclic) bond motifs is 1. The summed E-state index contributed by atoms with van der Waals surface area (Å²) in [5, 5.41) is 16.1. The number of methoxy groups -OCH3 is 2. The molecule has 2 aromatic heterocycles. The number of benzene rings is 2. The Hall–Kier alpha value is -4.22. The molecule has 0 saturated carbocycles. The molecule has 11 heteroatoms. The molecular weight excluding hydrogens is 474 g/mol. The molecule has 194 valence electrons. The number of nitrogens with zero attached hydrogens (tertiary/aromatic N) is 6. The van der Waals surface area contributed by atoms with Crippen molar-refractivity contribution in [1.29, 1.82) is 0 Å². The highest BCUT2D eigenvalue weighted by molar-refractivity contribution is 5.85. The minimum atomic E-state index is -0.396. The molecule has 2 heterocycles. The van der Waals surface area contributed by atoms with E-state index in [1.165, 1.54) is 13.2 Å². The average molecular weight is 506 g/mol. The van der Waals surface area contributed by atoms with E-state index in [9.17, 15) is 10.1 Å². The van der Waals surface area contributed by atoms with Gasteiger partial charge in [0.05, 0.1) is 29.8 Å². The van der Waals surface area contributed by atoms with Gasteiger partial charge in [0.15, 0.2) is 0 Å². The minimum absolute atomic E-state index is 0.0404. The molecule has 1 N–H and O–H groups in total. The minimum Gasteiger partial charge on any atom is -0.494 e. The summed E-state index contributed by atoms with van der Waals surface area (Å²) in [7, 11) is 8.93. The van der Waals surface area contributed by atoms with E-state index >= 15 is 0 Å². The SMILES string of the molecule is COCc1cn(-c2ccnc(Nc3cc([N+](=O)[O-])c(N(C)CCN(C)C)cc3OC)n2)c2ccccc12. The fourth-order valence-corrected chi connectivity index (χ4v) is 4.12. The fraction of sp³-hybridized carbons (Fsp3) is 0.308. The van der Waals surface area contributed by atoms with Gasteiger partial charge in [0.25, 0.3) is 5.69 Å². The molecule has 4 aromatic rings. The number of likely N-dealkylation sites (N-methyl/N-ethyl adjacent to an activating group) is 2. The first kappa shape index (κ1) is 25.9. The normalized spacial score (nSPS) is 11.2. The summed E-state index contributed by atoms with van der Waals surface area (Å²) >= 11 is 0. The zero-order chi connectivity index (χ0) is 26.5. The van der Waals surface area contributed by atoms with E-state index in [2.05, 4.69) is 15.3 Å². The van der Waals surface area contributed by atoms with Gasteiger partial charge in [-0.05, 0) is 26.2 Å². The fourth-order valence-electron chi connectivity index (χ4n) is 4.12. The second-order valence-electron chi connectivity index (χ2n) is 8.86. The van der Waals surface area contributed by atoms with Crippen molar-refractivity contribution in [3.05, 3.63) is 70.5 Å². The van der Waals surface area contributed by atoms with Crippen LogP contribution >= 0.6 is 0 Å². The molecule has 0 amide bonds. The number of nitro groups is 1. The van der Waals surface area contributed by atoms with Crippen LogP contribution in [0.3, 0.4) is 0 Å². The van der Waals surface area contributed by atoms with Gasteiger partial charge in [0, 0.05) is 62.7 Å². The van der Waals surface area contributed by atoms with Crippen LogP contribution in [0, 0.1) is 10.1 Å². The third-order valence-electron chi connectivity index (χ3n) is 6.02. The molecule has 0 atom stereocenters. The maximum atomic E-state index is 11.9. The molecule has 0 aliphatic heterocycles. The molecule has 0 unspecified atom stereocenters. The molecule has 0 fully saturated rings. The molecule has 0 aliphatic rings. The highest BCUT2D eigenvalue weighted by Gasteiger charge is 2.22. The standard InChI is InChI=1S/C26H31N7O4/c1-30(2)12-13-31(3)22-15-24(37-5)20(14-23(22)33(34)35)28-26-27-11-10-25(29-26)32-16-18(17-36-4)19-8-6-7-9-21(19)32/h6-11,14-16H,12-13,17H2,1-5H3,(H,27,28,29). The number of anilines is 3. The van der Waals surface area contributed by atoms with Gasteiger partial charge in [-0.2, -0.15) is 4.98 Å². The first-order valence-electron chi connectivity index (χ1n) is 11.7. The summed E-state index contributed by atoms with van der Waals surface area (Å²) in [6.07, 6.45) is 3.63. The molecule has 2 aromatic carbocycles. The van der Waals surface area contributed by atoms with Crippen LogP contribution in [0.4, 0.5) is 23.0 Å². The van der Waals surface area contributed by atoms with Gasteiger partial charge >= 0.3 is 0 Å². The number of nitro benzene ring substituents is 1. The van der Waals surface area contributed by atoms with Crippen molar-refractivity contribution in [2.24, 2.45) is 0 Å². The monoisotopic (exact) mass is 505 g/mol. The van der Waals surface area contributed by atoms with Crippen LogP contribution in [0.15, 0.2) is 54.9 Å². The highest BCUT2D eigenvalue weighted by Crippen LogP contribution is 2.39. The molecule has 11 nitrogen and oxygen atoms in total. The number of hydrogen-bond acceptors (Lipinski definition) is 9. The average Bonchev–Trinajstić information content (AvgIpc) is 3.26. The lowest BCUT2D eigenvalue weighted by Gasteiger charge is -2.22. The van der Waals surface area contributed by atoms with E-state index in [4.69, 9.17) is 9.47 Å². The molecule has 0 aliphatic carbocycles. The second-order valence-corrected chi connectivity index (χ2v) is 8.86. The Morgan fingerprint density at radius 3 is 2.59 bits per heavy atom. The van der Waals surface area contributed by atoms with Crippen molar-refractivity contribution in [2.45, 2.75) is 6.61 Å². The molecule has 0 radical (unpaired) electrons. The van der Waals surface area contributed by atoms with E-state index in [0.717, 1.165) is 23.0 Å². The van der Waals surface area contributed by atoms with Crippen molar-refractivity contribution >= 4 is 33.9 Å². The smallest absolute Gasteiger partial charge is 0.294 e. The van der Waals surface area contributed by atoms with E-state index in [1.54, 1.807) is 25.4 Å². The highest BCUT2D eigenvalue weighted by atomic mass is 16.6. The molecule has 0 spiro atoms. The number of rotatable bonds is 11. The summed E-state index contributed by atoms with van der Waals surface area (Å²) in [6.45, 7) is 1.83. The molecular formula is C26H31N7O4. The van der Waals surface area contributed by atoms with Gasteiger partial charge in [-0.3, -0.25) is 10.1 Å². The third kappa shape index (κ3) is 5.63. The quantitative estimate of drug-likeness (QED) is 0.236. The predicted molar refractivity (Wildman–Crippen MR) is 144 cm³/mol. The van der Waals surface area contributed by atoms with Crippen LogP contribution < -0.4 is 15.0 Å². The van der Waals surface area contributed by atoms with Crippen molar-refractivity contribution in [3.8, 4) is 11.6 Å². The van der Waals surface area contributed by atoms with Crippen LogP contribution in [-0.4, -0.2) is 72.8 Å². The number of aromatic nitrogens is 3. The van der Waals surface area contributed by atoms with E-state index in [-0.39, 0.29) is 11.6 Å². The van der Waals surface area contributed by atoms with Gasteiger partial charge in [-0.1, -0.05) is 18.2 Å². The van der Waals surface area contributed by atoms with Gasteiger partial charge in [-0.25, -0.2) is 4.98 Å². The third-order valence-corrected chi connectivity index (χ3v) is 6.02. The van der Waals surface area contributed by atoms with Gasteiger partial charge < -0.3 is 29.2 Å². The lowest BCUT2D eigenvalue weighted by molar-refractivity contribution is -0.384. The molecule has 0 bridgehead atoms. The van der Waals surface area contributed by atoms with E-state index in [0.29, 0.717) is 36.1 Å². The number of para-hydroxylation sites is 1. The van der Waals surface area contributed by atoms with Crippen molar-refractivity contribution < 1.29 is 14.4 Å². The van der Waals surface area contributed by atoms with E-state index < -0.39 is 4.92 Å². The predicted octanol–water partition coefficient (Wildman–Crippen LogP) is 4.23. The van der Waals surface area contributed by atoms with Crippen LogP contribution in [0.5, 0.6) is 5.75 Å². The van der Waals surface area contributed by atoms with Gasteiger partial charge in [0.2, 0.25) is 5.95 Å². The summed E-state index contributed by atoms with van der Waals surface area (Å²) in [5.41, 5.74) is 2.85. The van der Waals surface area contributed by atoms with Crippen LogP contribution in [0.1, 0.15) is 5.56 Å². The summed E-state index contributed by atoms with van der Waals surface area (Å²) < 4.78 is 12.9. The molecule has 4 rings (SSSR count). The first-order chi connectivity index (χ1) is 17.8. The van der Waals surface area contributed by atoms with Crippen molar-refractivity contribution in [3.63, 3.8) is 0 Å². The second kappa shape index (κ2) is 11.2. The summed E-state index contributed by atoms with van der Waals surface area (Å²) in [5.74, 6) is 1.37.